The van der Waals surface area contributed by atoms with Gasteiger partial charge in [0, 0.05) is 6.42 Å². The van der Waals surface area contributed by atoms with Gasteiger partial charge in [0.05, 0.1) is 12.2 Å². The maximum atomic E-state index is 10.3. The van der Waals surface area contributed by atoms with Crippen molar-refractivity contribution in [1.82, 2.24) is 0 Å². The summed E-state index contributed by atoms with van der Waals surface area (Å²) < 4.78 is 0. The van der Waals surface area contributed by atoms with E-state index >= 15 is 0 Å². The standard InChI is InChI=1S/C20H32O4/c1-2-3-8-13-18(21)14-9-4-5-10-15-19(22)16-11-6-7-12-17-20(23)24/h4-6,9-11,14-15,18-19,21-22H,2-3,7-8,12-13,16-17H2,1H3,(H,23,24)/b5-4-,11-6+,14-9-,15-10+. The van der Waals surface area contributed by atoms with E-state index in [1.54, 1.807) is 18.2 Å². The zero-order chi connectivity index (χ0) is 18.0. The molecule has 2 unspecified atom stereocenters. The maximum Gasteiger partial charge on any atom is 0.303 e. The molecule has 24 heavy (non-hydrogen) atoms. The molecule has 0 aliphatic rings. The molecule has 0 aliphatic carbocycles. The van der Waals surface area contributed by atoms with Crippen LogP contribution < -0.4 is 0 Å². The fourth-order valence-electron chi connectivity index (χ4n) is 2.02. The Morgan fingerprint density at radius 2 is 1.58 bits per heavy atom. The zero-order valence-corrected chi connectivity index (χ0v) is 14.7. The van der Waals surface area contributed by atoms with E-state index in [2.05, 4.69) is 6.92 Å². The van der Waals surface area contributed by atoms with E-state index in [0.29, 0.717) is 19.3 Å². The molecule has 0 spiro atoms. The number of carboxylic acids is 1. The lowest BCUT2D eigenvalue weighted by atomic mass is 10.1. The van der Waals surface area contributed by atoms with Gasteiger partial charge in [-0.25, -0.2) is 0 Å². The molecule has 0 radical (unpaired) electrons. The van der Waals surface area contributed by atoms with Crippen LogP contribution in [0.5, 0.6) is 0 Å². The molecule has 0 aromatic rings. The number of hydrogen-bond donors (Lipinski definition) is 3. The van der Waals surface area contributed by atoms with Crippen LogP contribution in [0.4, 0.5) is 0 Å². The predicted octanol–water partition coefficient (Wildman–Crippen LogP) is 4.16. The number of rotatable bonds is 14. The first-order chi connectivity index (χ1) is 11.6. The monoisotopic (exact) mass is 336 g/mol. The van der Waals surface area contributed by atoms with Crippen molar-refractivity contribution >= 4 is 5.97 Å². The first-order valence-corrected chi connectivity index (χ1v) is 8.80. The molecule has 0 amide bonds. The first kappa shape index (κ1) is 22.4. The molecule has 4 nitrogen and oxygen atoms in total. The summed E-state index contributed by atoms with van der Waals surface area (Å²) in [5.41, 5.74) is 0. The van der Waals surface area contributed by atoms with Crippen LogP contribution in [0.1, 0.15) is 58.3 Å². The molecule has 0 saturated heterocycles. The second-order valence-corrected chi connectivity index (χ2v) is 5.78. The van der Waals surface area contributed by atoms with Gasteiger partial charge in [-0.05, 0) is 25.7 Å². The lowest BCUT2D eigenvalue weighted by molar-refractivity contribution is -0.137. The van der Waals surface area contributed by atoms with Crippen LogP contribution in [0.2, 0.25) is 0 Å². The van der Waals surface area contributed by atoms with Gasteiger partial charge in [-0.2, -0.15) is 0 Å². The summed E-state index contributed by atoms with van der Waals surface area (Å²) in [6, 6.07) is 0. The van der Waals surface area contributed by atoms with Crippen LogP contribution in [-0.4, -0.2) is 33.5 Å². The van der Waals surface area contributed by atoms with Crippen molar-refractivity contribution in [2.24, 2.45) is 0 Å². The van der Waals surface area contributed by atoms with Crippen molar-refractivity contribution in [3.8, 4) is 0 Å². The molecule has 0 heterocycles. The van der Waals surface area contributed by atoms with Crippen molar-refractivity contribution < 1.29 is 20.1 Å². The smallest absolute Gasteiger partial charge is 0.303 e. The molecule has 2 atom stereocenters. The number of aliphatic hydroxyl groups is 2. The highest BCUT2D eigenvalue weighted by molar-refractivity contribution is 5.66. The normalized spacial score (nSPS) is 15.1. The second-order valence-electron chi connectivity index (χ2n) is 5.78. The third-order valence-corrected chi connectivity index (χ3v) is 3.41. The van der Waals surface area contributed by atoms with Gasteiger partial charge in [0.2, 0.25) is 0 Å². The van der Waals surface area contributed by atoms with Crippen LogP contribution in [-0.2, 0) is 4.79 Å². The molecular weight excluding hydrogens is 304 g/mol. The zero-order valence-electron chi connectivity index (χ0n) is 14.7. The number of aliphatic carboxylic acids is 1. The highest BCUT2D eigenvalue weighted by atomic mass is 16.4. The highest BCUT2D eigenvalue weighted by Gasteiger charge is 1.97. The summed E-state index contributed by atoms with van der Waals surface area (Å²) in [4.78, 5) is 10.3. The van der Waals surface area contributed by atoms with Gasteiger partial charge in [-0.15, -0.1) is 0 Å². The largest absolute Gasteiger partial charge is 0.481 e. The lowest BCUT2D eigenvalue weighted by Crippen LogP contribution is -2.00. The number of unbranched alkanes of at least 4 members (excludes halogenated alkanes) is 3. The average Bonchev–Trinajstić information content (AvgIpc) is 2.54. The SMILES string of the molecule is CCCCCC(O)\C=C/C=C\C=C\C(O)C/C=C/CCCC(=O)O. The average molecular weight is 336 g/mol. The summed E-state index contributed by atoms with van der Waals surface area (Å²) in [7, 11) is 0. The van der Waals surface area contributed by atoms with Gasteiger partial charge >= 0.3 is 5.97 Å². The minimum absolute atomic E-state index is 0.179. The molecule has 0 aromatic heterocycles. The van der Waals surface area contributed by atoms with Gasteiger partial charge in [-0.1, -0.05) is 74.8 Å². The van der Waals surface area contributed by atoms with Crippen LogP contribution in [0, 0.1) is 0 Å². The Morgan fingerprint density at radius 1 is 0.917 bits per heavy atom. The molecule has 0 saturated carbocycles. The van der Waals surface area contributed by atoms with Crippen LogP contribution in [0.25, 0.3) is 0 Å². The number of carboxylic acid groups (broad SMARTS) is 1. The Labute approximate surface area is 145 Å². The molecular formula is C20H32O4. The lowest BCUT2D eigenvalue weighted by Gasteiger charge is -2.02. The fraction of sp³-hybridized carbons (Fsp3) is 0.550. The molecule has 0 aromatic carbocycles. The first-order valence-electron chi connectivity index (χ1n) is 8.80. The summed E-state index contributed by atoms with van der Waals surface area (Å²) in [6.07, 6.45) is 19.7. The van der Waals surface area contributed by atoms with E-state index in [-0.39, 0.29) is 12.5 Å². The van der Waals surface area contributed by atoms with Gasteiger partial charge in [0.25, 0.3) is 0 Å². The Hall–Kier alpha value is -1.65. The molecule has 3 N–H and O–H groups in total. The van der Waals surface area contributed by atoms with Crippen molar-refractivity contribution in [3.05, 3.63) is 48.6 Å². The Balaban J connectivity index is 3.80. The summed E-state index contributed by atoms with van der Waals surface area (Å²) in [6.45, 7) is 2.14. The van der Waals surface area contributed by atoms with Crippen LogP contribution in [0.3, 0.4) is 0 Å². The van der Waals surface area contributed by atoms with Crippen molar-refractivity contribution in [2.45, 2.75) is 70.5 Å². The summed E-state index contributed by atoms with van der Waals surface area (Å²) in [5.74, 6) is -0.777. The van der Waals surface area contributed by atoms with Gasteiger partial charge < -0.3 is 15.3 Å². The van der Waals surface area contributed by atoms with Gasteiger partial charge in [0.15, 0.2) is 0 Å². The molecule has 136 valence electrons. The molecule has 0 bridgehead atoms. The van der Waals surface area contributed by atoms with E-state index in [1.165, 1.54) is 0 Å². The Morgan fingerprint density at radius 3 is 2.21 bits per heavy atom. The second kappa shape index (κ2) is 16.2. The number of aliphatic hydroxyl groups excluding tert-OH is 2. The van der Waals surface area contributed by atoms with E-state index in [9.17, 15) is 15.0 Å². The molecule has 0 aliphatic heterocycles. The minimum Gasteiger partial charge on any atom is -0.481 e. The van der Waals surface area contributed by atoms with Crippen molar-refractivity contribution in [3.63, 3.8) is 0 Å². The van der Waals surface area contributed by atoms with Gasteiger partial charge in [0.1, 0.15) is 0 Å². The van der Waals surface area contributed by atoms with E-state index in [0.717, 1.165) is 25.7 Å². The molecule has 0 rings (SSSR count). The van der Waals surface area contributed by atoms with Crippen molar-refractivity contribution in [1.29, 1.82) is 0 Å². The van der Waals surface area contributed by atoms with Crippen LogP contribution in [0.15, 0.2) is 48.6 Å². The number of allylic oxidation sites excluding steroid dienone is 5. The number of hydrogen-bond acceptors (Lipinski definition) is 3. The van der Waals surface area contributed by atoms with Crippen molar-refractivity contribution in [2.75, 3.05) is 0 Å². The molecule has 0 fully saturated rings. The maximum absolute atomic E-state index is 10.3. The van der Waals surface area contributed by atoms with Crippen LogP contribution >= 0.6 is 0 Å². The molecule has 4 heteroatoms. The van der Waals surface area contributed by atoms with E-state index in [1.807, 2.05) is 30.4 Å². The minimum atomic E-state index is -0.777. The third-order valence-electron chi connectivity index (χ3n) is 3.41. The van der Waals surface area contributed by atoms with E-state index in [4.69, 9.17) is 5.11 Å². The fourth-order valence-corrected chi connectivity index (χ4v) is 2.02. The van der Waals surface area contributed by atoms with Gasteiger partial charge in [-0.3, -0.25) is 4.79 Å². The summed E-state index contributed by atoms with van der Waals surface area (Å²) in [5, 5.41) is 27.9. The Bertz CT molecular complexity index is 421. The Kier molecular flexibility index (Phi) is 15.1. The predicted molar refractivity (Wildman–Crippen MR) is 98.8 cm³/mol. The highest BCUT2D eigenvalue weighted by Crippen LogP contribution is 2.04. The summed E-state index contributed by atoms with van der Waals surface area (Å²) >= 11 is 0. The number of carbonyl (C=O) groups is 1. The van der Waals surface area contributed by atoms with E-state index < -0.39 is 12.1 Å². The third kappa shape index (κ3) is 16.7. The quantitative estimate of drug-likeness (QED) is 0.253. The topological polar surface area (TPSA) is 77.8 Å².